The van der Waals surface area contributed by atoms with Crippen LogP contribution in [0.5, 0.6) is 0 Å². The van der Waals surface area contributed by atoms with E-state index in [1.54, 1.807) is 22.9 Å². The highest BCUT2D eigenvalue weighted by molar-refractivity contribution is 7.90. The first-order valence-corrected chi connectivity index (χ1v) is 13.2. The largest absolute Gasteiger partial charge is 0.301 e. The lowest BCUT2D eigenvalue weighted by molar-refractivity contribution is -0.114. The number of hydrogen-bond donors (Lipinski definition) is 1. The Morgan fingerprint density at radius 1 is 1.14 bits per heavy atom. The fourth-order valence-corrected chi connectivity index (χ4v) is 5.17. The second kappa shape index (κ2) is 10.1. The van der Waals surface area contributed by atoms with Gasteiger partial charge in [-0.05, 0) is 67.8 Å². The summed E-state index contributed by atoms with van der Waals surface area (Å²) in [5.74, 6) is 0.00723. The number of amides is 1. The maximum atomic E-state index is 12.7. The summed E-state index contributed by atoms with van der Waals surface area (Å²) in [7, 11) is -2.17. The van der Waals surface area contributed by atoms with E-state index in [1.807, 2.05) is 49.0 Å². The maximum absolute atomic E-state index is 12.7. The quantitative estimate of drug-likeness (QED) is 0.331. The third-order valence-corrected chi connectivity index (χ3v) is 7.40. The van der Waals surface area contributed by atoms with Crippen LogP contribution >= 0.6 is 11.6 Å². The zero-order valence-electron chi connectivity index (χ0n) is 19.8. The van der Waals surface area contributed by atoms with Crippen molar-refractivity contribution in [1.82, 2.24) is 19.1 Å². The first-order valence-electron chi connectivity index (χ1n) is 11.3. The third-order valence-electron chi connectivity index (χ3n) is 5.81. The van der Waals surface area contributed by atoms with Crippen molar-refractivity contribution in [3.8, 4) is 5.82 Å². The summed E-state index contributed by atoms with van der Waals surface area (Å²) in [6, 6.07) is 14.2. The second-order valence-electron chi connectivity index (χ2n) is 8.39. The molecule has 0 fully saturated rings. The van der Waals surface area contributed by atoms with Crippen molar-refractivity contribution in [3.05, 3.63) is 82.6 Å². The average Bonchev–Trinajstić information content (AvgIpc) is 3.34. The van der Waals surface area contributed by atoms with Crippen LogP contribution in [-0.4, -0.2) is 28.7 Å². The fourth-order valence-electron chi connectivity index (χ4n) is 4.04. The number of aryl methyl sites for hydroxylation is 3. The van der Waals surface area contributed by atoms with Crippen molar-refractivity contribution in [2.24, 2.45) is 7.05 Å². The molecule has 182 valence electrons. The van der Waals surface area contributed by atoms with E-state index >= 15 is 0 Å². The molecular formula is C26H27ClN4O3S. The Kier molecular flexibility index (Phi) is 7.14. The van der Waals surface area contributed by atoms with Crippen LogP contribution in [0, 0.1) is 6.92 Å². The van der Waals surface area contributed by atoms with Gasteiger partial charge in [-0.1, -0.05) is 37.1 Å². The molecule has 7 nitrogen and oxygen atoms in total. The smallest absolute Gasteiger partial charge is 0.264 e. The van der Waals surface area contributed by atoms with Crippen LogP contribution < -0.4 is 4.72 Å². The predicted molar refractivity (Wildman–Crippen MR) is 139 cm³/mol. The standard InChI is InChI=1S/C26H27ClN4O3S/c1-4-5-6-19-7-10-22(11-8-19)35(33,34)29-25(32)14-12-23-18(2)28-30(3)26(23)31-16-15-20-17-21(27)9-13-24(20)31/h7-17H,4-6H2,1-3H3,(H,29,32)/b14-12+. The molecule has 0 radical (unpaired) electrons. The van der Waals surface area contributed by atoms with E-state index in [1.165, 1.54) is 18.2 Å². The summed E-state index contributed by atoms with van der Waals surface area (Å²) in [5.41, 5.74) is 3.40. The van der Waals surface area contributed by atoms with Crippen molar-refractivity contribution in [1.29, 1.82) is 0 Å². The summed E-state index contributed by atoms with van der Waals surface area (Å²) in [5, 5.41) is 6.10. The minimum absolute atomic E-state index is 0.0511. The monoisotopic (exact) mass is 510 g/mol. The number of sulfonamides is 1. The van der Waals surface area contributed by atoms with Crippen molar-refractivity contribution in [2.75, 3.05) is 0 Å². The Hall–Kier alpha value is -3.36. The van der Waals surface area contributed by atoms with E-state index in [9.17, 15) is 13.2 Å². The number of halogens is 1. The molecule has 1 N–H and O–H groups in total. The number of fused-ring (bicyclic) bond motifs is 1. The van der Waals surface area contributed by atoms with Crippen LogP contribution in [0.25, 0.3) is 22.8 Å². The van der Waals surface area contributed by atoms with Gasteiger partial charge in [0, 0.05) is 35.3 Å². The van der Waals surface area contributed by atoms with Gasteiger partial charge in [-0.15, -0.1) is 0 Å². The number of nitrogens with one attached hydrogen (secondary N) is 1. The number of benzene rings is 2. The second-order valence-corrected chi connectivity index (χ2v) is 10.5. The van der Waals surface area contributed by atoms with Gasteiger partial charge < -0.3 is 4.57 Å². The number of carbonyl (C=O) groups excluding carboxylic acids is 1. The summed E-state index contributed by atoms with van der Waals surface area (Å²) in [4.78, 5) is 12.6. The molecule has 0 bridgehead atoms. The molecule has 0 saturated carbocycles. The molecule has 9 heteroatoms. The molecule has 0 aliphatic rings. The number of rotatable bonds is 8. The van der Waals surface area contributed by atoms with Gasteiger partial charge in [0.15, 0.2) is 0 Å². The van der Waals surface area contributed by atoms with Crippen LogP contribution in [0.15, 0.2) is 65.7 Å². The molecule has 35 heavy (non-hydrogen) atoms. The number of nitrogens with zero attached hydrogens (tertiary/aromatic N) is 3. The van der Waals surface area contributed by atoms with Gasteiger partial charge in [0.05, 0.1) is 16.1 Å². The van der Waals surface area contributed by atoms with E-state index in [2.05, 4.69) is 16.7 Å². The molecule has 0 aliphatic carbocycles. The van der Waals surface area contributed by atoms with Crippen molar-refractivity contribution < 1.29 is 13.2 Å². The van der Waals surface area contributed by atoms with Crippen molar-refractivity contribution in [3.63, 3.8) is 0 Å². The van der Waals surface area contributed by atoms with E-state index in [0.717, 1.165) is 41.5 Å². The first kappa shape index (κ1) is 24.8. The van der Waals surface area contributed by atoms with E-state index in [4.69, 9.17) is 11.6 Å². The zero-order chi connectivity index (χ0) is 25.2. The molecule has 1 amide bonds. The lowest BCUT2D eigenvalue weighted by atomic mass is 10.1. The number of carbonyl (C=O) groups is 1. The molecular weight excluding hydrogens is 484 g/mol. The lowest BCUT2D eigenvalue weighted by Crippen LogP contribution is -2.29. The zero-order valence-corrected chi connectivity index (χ0v) is 21.4. The van der Waals surface area contributed by atoms with Gasteiger partial charge in [0.2, 0.25) is 0 Å². The molecule has 4 aromatic rings. The van der Waals surface area contributed by atoms with Crippen molar-refractivity contribution >= 4 is 44.5 Å². The molecule has 2 aromatic carbocycles. The van der Waals surface area contributed by atoms with E-state index in [0.29, 0.717) is 16.3 Å². The summed E-state index contributed by atoms with van der Waals surface area (Å²) >= 11 is 6.12. The minimum Gasteiger partial charge on any atom is -0.301 e. The number of aromatic nitrogens is 3. The highest BCUT2D eigenvalue weighted by Gasteiger charge is 2.18. The predicted octanol–water partition coefficient (Wildman–Crippen LogP) is 5.19. The Labute approximate surface area is 210 Å². The maximum Gasteiger partial charge on any atom is 0.264 e. The van der Waals surface area contributed by atoms with Crippen LogP contribution in [0.4, 0.5) is 0 Å². The van der Waals surface area contributed by atoms with Crippen LogP contribution in [0.2, 0.25) is 5.02 Å². The van der Waals surface area contributed by atoms with Crippen molar-refractivity contribution in [2.45, 2.75) is 38.0 Å². The first-order chi connectivity index (χ1) is 16.7. The molecule has 2 aromatic heterocycles. The normalized spacial score (nSPS) is 12.0. The minimum atomic E-state index is -3.98. The summed E-state index contributed by atoms with van der Waals surface area (Å²) < 4.78 is 31.2. The Balaban J connectivity index is 1.57. The molecule has 0 atom stereocenters. The Morgan fingerprint density at radius 3 is 2.60 bits per heavy atom. The molecule has 0 spiro atoms. The van der Waals surface area contributed by atoms with Crippen LogP contribution in [0.3, 0.4) is 0 Å². The SMILES string of the molecule is CCCCc1ccc(S(=O)(=O)NC(=O)/C=C/c2c(C)nn(C)c2-n2ccc3cc(Cl)ccc32)cc1. The van der Waals surface area contributed by atoms with Gasteiger partial charge in [0.1, 0.15) is 5.82 Å². The third kappa shape index (κ3) is 5.33. The average molecular weight is 511 g/mol. The van der Waals surface area contributed by atoms with Gasteiger partial charge >= 0.3 is 0 Å². The summed E-state index contributed by atoms with van der Waals surface area (Å²) in [6.45, 7) is 3.94. The Morgan fingerprint density at radius 2 is 1.89 bits per heavy atom. The topological polar surface area (TPSA) is 86.0 Å². The number of unbranched alkanes of at least 4 members (excludes halogenated alkanes) is 1. The molecule has 0 unspecified atom stereocenters. The fraction of sp³-hybridized carbons (Fsp3) is 0.231. The summed E-state index contributed by atoms with van der Waals surface area (Å²) in [6.07, 6.45) is 7.69. The van der Waals surface area contributed by atoms with E-state index in [-0.39, 0.29) is 4.90 Å². The molecule has 0 saturated heterocycles. The van der Waals surface area contributed by atoms with Crippen LogP contribution in [-0.2, 0) is 28.3 Å². The molecule has 0 aliphatic heterocycles. The lowest BCUT2D eigenvalue weighted by Gasteiger charge is -2.08. The molecule has 4 rings (SSSR count). The highest BCUT2D eigenvalue weighted by atomic mass is 35.5. The molecule has 2 heterocycles. The van der Waals surface area contributed by atoms with Gasteiger partial charge in [0.25, 0.3) is 15.9 Å². The van der Waals surface area contributed by atoms with Crippen LogP contribution in [0.1, 0.15) is 36.6 Å². The van der Waals surface area contributed by atoms with Gasteiger partial charge in [-0.2, -0.15) is 5.10 Å². The van der Waals surface area contributed by atoms with E-state index < -0.39 is 15.9 Å². The van der Waals surface area contributed by atoms with Gasteiger partial charge in [-0.3, -0.25) is 9.48 Å². The van der Waals surface area contributed by atoms with Gasteiger partial charge in [-0.25, -0.2) is 13.1 Å². The Bertz CT molecular complexity index is 1520. The highest BCUT2D eigenvalue weighted by Crippen LogP contribution is 2.27. The number of hydrogen-bond acceptors (Lipinski definition) is 4.